The number of Topliss-reactive ketones (excluding diaryl/α,β-unsaturated/α-hetero) is 1. The fourth-order valence-corrected chi connectivity index (χ4v) is 2.36. The molecule has 0 aliphatic carbocycles. The van der Waals surface area contributed by atoms with Crippen molar-refractivity contribution >= 4 is 17.4 Å². The van der Waals surface area contributed by atoms with Crippen LogP contribution >= 0.6 is 11.6 Å². The fraction of sp³-hybridized carbons (Fsp3) is 0.235. The Bertz CT molecular complexity index is 610. The summed E-state index contributed by atoms with van der Waals surface area (Å²) in [5.41, 5.74) is 1.70. The Kier molecular flexibility index (Phi) is 5.37. The lowest BCUT2D eigenvalue weighted by atomic mass is 10.1. The summed E-state index contributed by atoms with van der Waals surface area (Å²) in [6.07, 6.45) is 0. The molecule has 0 amide bonds. The van der Waals surface area contributed by atoms with Crippen LogP contribution < -0.4 is 4.74 Å². The van der Waals surface area contributed by atoms with Gasteiger partial charge in [-0.2, -0.15) is 0 Å². The van der Waals surface area contributed by atoms with Crippen LogP contribution in [0.3, 0.4) is 0 Å². The number of carbonyl (C=O) groups is 1. The lowest BCUT2D eigenvalue weighted by molar-refractivity contribution is 0.0943. The summed E-state index contributed by atoms with van der Waals surface area (Å²) in [6.45, 7) is 1.02. The topological polar surface area (TPSA) is 29.5 Å². The molecule has 0 spiro atoms. The van der Waals surface area contributed by atoms with Gasteiger partial charge in [0.05, 0.1) is 18.7 Å². The molecule has 2 aromatic rings. The molecule has 0 unspecified atom stereocenters. The molecular formula is C17H18ClNO2. The van der Waals surface area contributed by atoms with E-state index in [0.717, 1.165) is 11.3 Å². The number of ether oxygens (including phenoxy) is 1. The van der Waals surface area contributed by atoms with E-state index in [1.165, 1.54) is 0 Å². The molecule has 0 fully saturated rings. The maximum Gasteiger partial charge on any atom is 0.178 e. The van der Waals surface area contributed by atoms with Crippen molar-refractivity contribution in [3.05, 3.63) is 64.7 Å². The molecule has 0 aromatic heterocycles. The van der Waals surface area contributed by atoms with E-state index >= 15 is 0 Å². The van der Waals surface area contributed by atoms with Crippen molar-refractivity contribution in [3.63, 3.8) is 0 Å². The van der Waals surface area contributed by atoms with Crippen LogP contribution in [0.1, 0.15) is 15.9 Å². The zero-order valence-electron chi connectivity index (χ0n) is 12.2. The molecule has 110 valence electrons. The Labute approximate surface area is 130 Å². The van der Waals surface area contributed by atoms with E-state index in [1.54, 1.807) is 19.2 Å². The first-order valence-corrected chi connectivity index (χ1v) is 7.07. The largest absolute Gasteiger partial charge is 0.497 e. The molecule has 0 saturated carbocycles. The van der Waals surface area contributed by atoms with Crippen LogP contribution in [0.25, 0.3) is 0 Å². The zero-order valence-corrected chi connectivity index (χ0v) is 12.9. The van der Waals surface area contributed by atoms with Gasteiger partial charge in [-0.15, -0.1) is 0 Å². The van der Waals surface area contributed by atoms with E-state index < -0.39 is 0 Å². The molecular weight excluding hydrogens is 286 g/mol. The SMILES string of the molecule is COc1ccc(CN(C)CC(=O)c2ccccc2Cl)cc1. The summed E-state index contributed by atoms with van der Waals surface area (Å²) in [5, 5.41) is 0.500. The fourth-order valence-electron chi connectivity index (χ4n) is 2.12. The van der Waals surface area contributed by atoms with E-state index in [1.807, 2.05) is 48.3 Å². The predicted molar refractivity (Wildman–Crippen MR) is 85.1 cm³/mol. The van der Waals surface area contributed by atoms with Gasteiger partial charge in [-0.05, 0) is 36.9 Å². The van der Waals surface area contributed by atoms with E-state index in [0.29, 0.717) is 23.7 Å². The molecule has 0 atom stereocenters. The quantitative estimate of drug-likeness (QED) is 0.763. The molecule has 0 heterocycles. The van der Waals surface area contributed by atoms with Crippen molar-refractivity contribution in [2.75, 3.05) is 20.7 Å². The molecule has 0 bridgehead atoms. The highest BCUT2D eigenvalue weighted by Crippen LogP contribution is 2.16. The number of nitrogens with zero attached hydrogens (tertiary/aromatic N) is 1. The smallest absolute Gasteiger partial charge is 0.178 e. The first kappa shape index (κ1) is 15.5. The van der Waals surface area contributed by atoms with Crippen molar-refractivity contribution in [1.29, 1.82) is 0 Å². The van der Waals surface area contributed by atoms with Gasteiger partial charge in [0.15, 0.2) is 5.78 Å². The number of carbonyl (C=O) groups excluding carboxylic acids is 1. The van der Waals surface area contributed by atoms with Crippen LogP contribution in [-0.2, 0) is 6.54 Å². The lowest BCUT2D eigenvalue weighted by Crippen LogP contribution is -2.25. The summed E-state index contributed by atoms with van der Waals surface area (Å²) < 4.78 is 5.13. The Morgan fingerprint density at radius 3 is 2.43 bits per heavy atom. The summed E-state index contributed by atoms with van der Waals surface area (Å²) in [5.74, 6) is 0.852. The van der Waals surface area contributed by atoms with Crippen LogP contribution in [0.5, 0.6) is 5.75 Å². The number of rotatable bonds is 6. The van der Waals surface area contributed by atoms with Crippen LogP contribution in [0.2, 0.25) is 5.02 Å². The minimum atomic E-state index is 0.0246. The van der Waals surface area contributed by atoms with Crippen molar-refractivity contribution in [3.8, 4) is 5.75 Å². The third kappa shape index (κ3) is 4.31. The second-order valence-corrected chi connectivity index (χ2v) is 5.33. The van der Waals surface area contributed by atoms with Crippen LogP contribution in [0, 0.1) is 0 Å². The highest BCUT2D eigenvalue weighted by atomic mass is 35.5. The maximum atomic E-state index is 12.2. The normalized spacial score (nSPS) is 10.7. The Morgan fingerprint density at radius 1 is 1.14 bits per heavy atom. The monoisotopic (exact) mass is 303 g/mol. The van der Waals surface area contributed by atoms with E-state index in [9.17, 15) is 4.79 Å². The van der Waals surface area contributed by atoms with Gasteiger partial charge >= 0.3 is 0 Å². The van der Waals surface area contributed by atoms with Crippen molar-refractivity contribution in [1.82, 2.24) is 4.90 Å². The van der Waals surface area contributed by atoms with Crippen molar-refractivity contribution in [2.45, 2.75) is 6.54 Å². The molecule has 0 N–H and O–H groups in total. The van der Waals surface area contributed by atoms with Crippen LogP contribution in [0.15, 0.2) is 48.5 Å². The minimum absolute atomic E-state index is 0.0246. The zero-order chi connectivity index (χ0) is 15.2. The van der Waals surface area contributed by atoms with Crippen LogP contribution in [0.4, 0.5) is 0 Å². The number of benzene rings is 2. The number of hydrogen-bond acceptors (Lipinski definition) is 3. The highest BCUT2D eigenvalue weighted by Gasteiger charge is 2.12. The van der Waals surface area contributed by atoms with Gasteiger partial charge in [-0.25, -0.2) is 0 Å². The van der Waals surface area contributed by atoms with Gasteiger partial charge in [-0.3, -0.25) is 9.69 Å². The Balaban J connectivity index is 1.96. The third-order valence-corrected chi connectivity index (χ3v) is 3.53. The summed E-state index contributed by atoms with van der Waals surface area (Å²) in [7, 11) is 3.56. The summed E-state index contributed by atoms with van der Waals surface area (Å²) in [6, 6.07) is 15.0. The van der Waals surface area contributed by atoms with Crippen LogP contribution in [-0.4, -0.2) is 31.4 Å². The average Bonchev–Trinajstić information content (AvgIpc) is 2.48. The van der Waals surface area contributed by atoms with Crippen molar-refractivity contribution < 1.29 is 9.53 Å². The molecule has 21 heavy (non-hydrogen) atoms. The maximum absolute atomic E-state index is 12.2. The molecule has 4 heteroatoms. The molecule has 2 aromatic carbocycles. The Morgan fingerprint density at radius 2 is 1.81 bits per heavy atom. The second kappa shape index (κ2) is 7.25. The number of halogens is 1. The van der Waals surface area contributed by atoms with Gasteiger partial charge in [0.2, 0.25) is 0 Å². The van der Waals surface area contributed by atoms with Gasteiger partial charge in [0, 0.05) is 12.1 Å². The first-order valence-electron chi connectivity index (χ1n) is 6.69. The van der Waals surface area contributed by atoms with Gasteiger partial charge in [-0.1, -0.05) is 35.9 Å². The van der Waals surface area contributed by atoms with Gasteiger partial charge in [0.25, 0.3) is 0 Å². The number of hydrogen-bond donors (Lipinski definition) is 0. The predicted octanol–water partition coefficient (Wildman–Crippen LogP) is 3.66. The third-order valence-electron chi connectivity index (χ3n) is 3.20. The summed E-state index contributed by atoms with van der Waals surface area (Å²) in [4.78, 5) is 14.2. The molecule has 3 nitrogen and oxygen atoms in total. The number of likely N-dealkylation sites (N-methyl/N-ethyl adjacent to an activating group) is 1. The molecule has 2 rings (SSSR count). The highest BCUT2D eigenvalue weighted by molar-refractivity contribution is 6.34. The summed E-state index contributed by atoms with van der Waals surface area (Å²) >= 11 is 6.04. The first-order chi connectivity index (χ1) is 10.1. The molecule has 0 saturated heterocycles. The molecule has 0 aliphatic heterocycles. The van der Waals surface area contributed by atoms with Gasteiger partial charge < -0.3 is 4.74 Å². The molecule has 0 aliphatic rings. The number of ketones is 1. The lowest BCUT2D eigenvalue weighted by Gasteiger charge is -2.16. The number of methoxy groups -OCH3 is 1. The van der Waals surface area contributed by atoms with E-state index in [-0.39, 0.29) is 5.78 Å². The van der Waals surface area contributed by atoms with Gasteiger partial charge in [0.1, 0.15) is 5.75 Å². The standard InChI is InChI=1S/C17H18ClNO2/c1-19(11-13-7-9-14(21-2)10-8-13)12-17(20)15-5-3-4-6-16(15)18/h3-10H,11-12H2,1-2H3. The average molecular weight is 304 g/mol. The van der Waals surface area contributed by atoms with E-state index in [2.05, 4.69) is 0 Å². The van der Waals surface area contributed by atoms with E-state index in [4.69, 9.17) is 16.3 Å². The second-order valence-electron chi connectivity index (χ2n) is 4.92. The van der Waals surface area contributed by atoms with Crippen molar-refractivity contribution in [2.24, 2.45) is 0 Å². The minimum Gasteiger partial charge on any atom is -0.497 e. The Hall–Kier alpha value is -1.84. The molecule has 0 radical (unpaired) electrons.